The van der Waals surface area contributed by atoms with Gasteiger partial charge in [-0.25, -0.2) is 9.59 Å². The molecule has 0 fully saturated rings. The maximum atomic E-state index is 13.2. The van der Waals surface area contributed by atoms with Crippen molar-refractivity contribution in [2.75, 3.05) is 13.2 Å². The van der Waals surface area contributed by atoms with Crippen LogP contribution < -0.4 is 9.47 Å². The molecule has 40 heavy (non-hydrogen) atoms. The predicted octanol–water partition coefficient (Wildman–Crippen LogP) is 8.22. The van der Waals surface area contributed by atoms with Crippen LogP contribution in [0.25, 0.3) is 0 Å². The van der Waals surface area contributed by atoms with Gasteiger partial charge in [0, 0.05) is 6.07 Å². The molecule has 0 unspecified atom stereocenters. The molecule has 2 rings (SSSR count). The van der Waals surface area contributed by atoms with Gasteiger partial charge in [0.05, 0.1) is 22.8 Å². The number of benzene rings is 2. The first-order valence-electron chi connectivity index (χ1n) is 12.1. The first kappa shape index (κ1) is 33.1. The fourth-order valence-corrected chi connectivity index (χ4v) is 3.40. The molecule has 0 aliphatic carbocycles. The minimum absolute atomic E-state index is 0.132. The number of alkyl halides is 7. The highest BCUT2D eigenvalue weighted by Crippen LogP contribution is 2.46. The summed E-state index contributed by atoms with van der Waals surface area (Å²) in [5.74, 6) is -14.1. The zero-order chi connectivity index (χ0) is 30.0. The lowest BCUT2D eigenvalue weighted by Crippen LogP contribution is -2.54. The molecule has 2 aromatic rings. The number of carbonyl (C=O) groups excluding carboxylic acids is 2. The summed E-state index contributed by atoms with van der Waals surface area (Å²) < 4.78 is 99.3. The summed E-state index contributed by atoms with van der Waals surface area (Å²) in [4.78, 5) is 31.8. The van der Waals surface area contributed by atoms with E-state index in [1.807, 2.05) is 0 Å². The van der Waals surface area contributed by atoms with E-state index < -0.39 is 47.2 Å². The number of hydrogen-bond acceptors (Lipinski definition) is 6. The predicted molar refractivity (Wildman–Crippen MR) is 129 cm³/mol. The molecule has 0 N–H and O–H groups in total. The number of rotatable bonds is 15. The van der Waals surface area contributed by atoms with Crippen molar-refractivity contribution in [3.8, 4) is 11.5 Å². The Morgan fingerprint density at radius 2 is 1.40 bits per heavy atom. The van der Waals surface area contributed by atoms with E-state index in [0.717, 1.165) is 37.5 Å². The Balaban J connectivity index is 1.86. The van der Waals surface area contributed by atoms with Crippen LogP contribution >= 0.6 is 11.6 Å². The summed E-state index contributed by atoms with van der Waals surface area (Å²) >= 11 is 5.89. The summed E-state index contributed by atoms with van der Waals surface area (Å²) in [6.07, 6.45) is 0.128. The minimum atomic E-state index is -6.57. The average molecular weight is 603 g/mol. The molecule has 14 heteroatoms. The van der Waals surface area contributed by atoms with Crippen LogP contribution in [0.4, 0.5) is 30.7 Å². The third-order valence-corrected chi connectivity index (χ3v) is 5.73. The largest absolute Gasteiger partial charge is 0.494 e. The molecular formula is C26H26ClF7O6. The monoisotopic (exact) mass is 602 g/mol. The normalized spacial score (nSPS) is 12.2. The van der Waals surface area contributed by atoms with E-state index in [-0.39, 0.29) is 11.3 Å². The fourth-order valence-electron chi connectivity index (χ4n) is 3.15. The van der Waals surface area contributed by atoms with E-state index >= 15 is 0 Å². The van der Waals surface area contributed by atoms with E-state index in [2.05, 4.69) is 16.7 Å². The summed E-state index contributed by atoms with van der Waals surface area (Å²) in [7, 11) is 0. The molecule has 0 aliphatic rings. The van der Waals surface area contributed by atoms with Crippen LogP contribution in [0.1, 0.15) is 66.2 Å². The Morgan fingerprint density at radius 3 is 2.00 bits per heavy atom. The van der Waals surface area contributed by atoms with Crippen LogP contribution in [0.2, 0.25) is 5.02 Å². The van der Waals surface area contributed by atoms with Gasteiger partial charge in [0.15, 0.2) is 6.61 Å². The van der Waals surface area contributed by atoms with Gasteiger partial charge >= 0.3 is 30.0 Å². The van der Waals surface area contributed by atoms with Crippen LogP contribution in [0.15, 0.2) is 42.5 Å². The van der Waals surface area contributed by atoms with Crippen molar-refractivity contribution in [3.05, 3.63) is 58.6 Å². The molecule has 6 nitrogen and oxygen atoms in total. The molecule has 0 saturated heterocycles. The van der Waals surface area contributed by atoms with Gasteiger partial charge in [-0.15, -0.1) is 0 Å². The number of hydrogen-bond donors (Lipinski definition) is 0. The van der Waals surface area contributed by atoms with E-state index in [0.29, 0.717) is 12.4 Å². The Morgan fingerprint density at radius 1 is 0.800 bits per heavy atom. The van der Waals surface area contributed by atoms with Gasteiger partial charge < -0.3 is 9.47 Å². The van der Waals surface area contributed by atoms with Crippen LogP contribution in [0.5, 0.6) is 11.5 Å². The van der Waals surface area contributed by atoms with Crippen LogP contribution in [-0.2, 0) is 9.78 Å². The van der Waals surface area contributed by atoms with Crippen molar-refractivity contribution in [3.63, 3.8) is 0 Å². The number of ether oxygens (including phenoxy) is 2. The highest BCUT2D eigenvalue weighted by Gasteiger charge is 2.73. The molecular weight excluding hydrogens is 577 g/mol. The standard InChI is InChI=1S/C26H26ClF7O6/c1-2-3-4-5-6-7-14-37-18-10-8-17(9-11-18)22(35)39-19-12-13-20(21(27)15-19)23(36)40-38-16-24(28,29)25(30,31)26(32,33)34/h8-13,15H,2-7,14,16H2,1H3. The first-order valence-corrected chi connectivity index (χ1v) is 12.5. The molecule has 0 amide bonds. The highest BCUT2D eigenvalue weighted by atomic mass is 35.5. The third-order valence-electron chi connectivity index (χ3n) is 5.42. The molecule has 0 atom stereocenters. The Labute approximate surface area is 230 Å². The maximum Gasteiger partial charge on any atom is 0.459 e. The van der Waals surface area contributed by atoms with Crippen LogP contribution in [0, 0.1) is 0 Å². The summed E-state index contributed by atoms with van der Waals surface area (Å²) in [6.45, 7) is 0.103. The van der Waals surface area contributed by atoms with Crippen molar-refractivity contribution in [1.29, 1.82) is 0 Å². The number of halogens is 8. The quantitative estimate of drug-likeness (QED) is 0.0511. The van der Waals surface area contributed by atoms with Crippen molar-refractivity contribution in [2.45, 2.75) is 63.5 Å². The van der Waals surface area contributed by atoms with E-state index in [1.54, 1.807) is 12.1 Å². The van der Waals surface area contributed by atoms with Gasteiger partial charge in [-0.2, -0.15) is 35.6 Å². The van der Waals surface area contributed by atoms with Crippen molar-refractivity contribution in [2.24, 2.45) is 0 Å². The molecule has 0 radical (unpaired) electrons. The molecule has 2 aromatic carbocycles. The van der Waals surface area contributed by atoms with Gasteiger partial charge in [-0.1, -0.05) is 50.6 Å². The van der Waals surface area contributed by atoms with E-state index in [4.69, 9.17) is 21.1 Å². The number of carbonyl (C=O) groups is 2. The zero-order valence-corrected chi connectivity index (χ0v) is 21.9. The molecule has 0 bridgehead atoms. The second kappa shape index (κ2) is 14.5. The lowest BCUT2D eigenvalue weighted by molar-refractivity contribution is -0.382. The second-order valence-electron chi connectivity index (χ2n) is 8.58. The minimum Gasteiger partial charge on any atom is -0.494 e. The van der Waals surface area contributed by atoms with Gasteiger partial charge in [0.25, 0.3) is 0 Å². The first-order chi connectivity index (χ1) is 18.7. The second-order valence-corrected chi connectivity index (χ2v) is 8.99. The zero-order valence-electron chi connectivity index (χ0n) is 21.2. The SMILES string of the molecule is CCCCCCCCOc1ccc(C(=O)Oc2ccc(C(=O)OOCC(F)(F)C(F)(F)C(F)(F)F)c(Cl)c2)cc1. The molecule has 0 aliphatic heterocycles. The van der Waals surface area contributed by atoms with Crippen molar-refractivity contribution >= 4 is 23.5 Å². The van der Waals surface area contributed by atoms with E-state index in [1.165, 1.54) is 31.4 Å². The number of esters is 1. The molecule has 0 aromatic heterocycles. The molecule has 222 valence electrons. The van der Waals surface area contributed by atoms with Gasteiger partial charge in [0.2, 0.25) is 0 Å². The van der Waals surface area contributed by atoms with Gasteiger partial charge in [0.1, 0.15) is 11.5 Å². The molecule has 0 heterocycles. The lowest BCUT2D eigenvalue weighted by atomic mass is 10.1. The van der Waals surface area contributed by atoms with Gasteiger partial charge in [-0.05, 0) is 42.8 Å². The van der Waals surface area contributed by atoms with Gasteiger partial charge in [-0.3, -0.25) is 4.89 Å². The van der Waals surface area contributed by atoms with Crippen molar-refractivity contribution < 1.29 is 59.6 Å². The fraction of sp³-hybridized carbons (Fsp3) is 0.462. The lowest BCUT2D eigenvalue weighted by Gasteiger charge is -2.27. The smallest absolute Gasteiger partial charge is 0.459 e. The summed E-state index contributed by atoms with van der Waals surface area (Å²) in [6, 6.07) is 9.12. The summed E-state index contributed by atoms with van der Waals surface area (Å²) in [5, 5.41) is -0.426. The Kier molecular flexibility index (Phi) is 12.0. The third kappa shape index (κ3) is 9.26. The Hall–Kier alpha value is -3.06. The topological polar surface area (TPSA) is 71.1 Å². The van der Waals surface area contributed by atoms with E-state index in [9.17, 15) is 40.3 Å². The maximum absolute atomic E-state index is 13.2. The van der Waals surface area contributed by atoms with Crippen LogP contribution in [0.3, 0.4) is 0 Å². The van der Waals surface area contributed by atoms with Crippen LogP contribution in [-0.4, -0.2) is 43.2 Å². The molecule has 0 saturated carbocycles. The Bertz CT molecular complexity index is 1120. The molecule has 0 spiro atoms. The van der Waals surface area contributed by atoms with Crippen molar-refractivity contribution in [1.82, 2.24) is 0 Å². The average Bonchev–Trinajstić information content (AvgIpc) is 2.87. The number of unbranched alkanes of at least 4 members (excludes halogenated alkanes) is 5. The summed E-state index contributed by atoms with van der Waals surface area (Å²) in [5.41, 5.74) is -0.379. The highest BCUT2D eigenvalue weighted by molar-refractivity contribution is 6.33.